The van der Waals surface area contributed by atoms with Gasteiger partial charge >= 0.3 is 0 Å². The standard InChI is InChI=1S/C9H14NO/c1-8-4-5-9(2)10(8)6-3-7-11/h4-5H,3,6-7H2,1-2H3. The summed E-state index contributed by atoms with van der Waals surface area (Å²) in [6.07, 6.45) is 0.732. The Labute approximate surface area is 67.5 Å². The topological polar surface area (TPSA) is 24.8 Å². The number of hydrogen-bond acceptors (Lipinski definition) is 0. The van der Waals surface area contributed by atoms with E-state index in [-0.39, 0.29) is 6.61 Å². The van der Waals surface area contributed by atoms with Crippen molar-refractivity contribution in [3.63, 3.8) is 0 Å². The molecule has 0 saturated heterocycles. The van der Waals surface area contributed by atoms with E-state index in [9.17, 15) is 5.11 Å². The molecular weight excluding hydrogens is 138 g/mol. The monoisotopic (exact) mass is 152 g/mol. The molecule has 0 atom stereocenters. The zero-order chi connectivity index (χ0) is 8.27. The van der Waals surface area contributed by atoms with Gasteiger partial charge in [-0.15, -0.1) is 0 Å². The highest BCUT2D eigenvalue weighted by Crippen LogP contribution is 2.07. The third kappa shape index (κ3) is 1.84. The highest BCUT2D eigenvalue weighted by Gasteiger charge is 1.98. The van der Waals surface area contributed by atoms with Gasteiger partial charge in [0.25, 0.3) is 0 Å². The molecule has 11 heavy (non-hydrogen) atoms. The average Bonchev–Trinajstić information content (AvgIpc) is 2.29. The lowest BCUT2D eigenvalue weighted by atomic mass is 10.4. The van der Waals surface area contributed by atoms with E-state index in [1.54, 1.807) is 0 Å². The summed E-state index contributed by atoms with van der Waals surface area (Å²) in [5.41, 5.74) is 2.49. The summed E-state index contributed by atoms with van der Waals surface area (Å²) in [5, 5.41) is 10.2. The second-order valence-electron chi connectivity index (χ2n) is 2.83. The van der Waals surface area contributed by atoms with Gasteiger partial charge in [0.1, 0.15) is 0 Å². The molecule has 0 saturated carbocycles. The first kappa shape index (κ1) is 8.34. The van der Waals surface area contributed by atoms with Gasteiger partial charge in [-0.25, -0.2) is 5.11 Å². The van der Waals surface area contributed by atoms with E-state index >= 15 is 0 Å². The minimum atomic E-state index is 0.0249. The molecular formula is C9H14NO. The summed E-state index contributed by atoms with van der Waals surface area (Å²) < 4.78 is 2.18. The SMILES string of the molecule is Cc1ccc(C)n1CCC[O]. The fraction of sp³-hybridized carbons (Fsp3) is 0.556. The highest BCUT2D eigenvalue weighted by atomic mass is 16.3. The average molecular weight is 152 g/mol. The van der Waals surface area contributed by atoms with Crippen LogP contribution in [-0.4, -0.2) is 11.2 Å². The van der Waals surface area contributed by atoms with E-state index in [1.165, 1.54) is 11.4 Å². The van der Waals surface area contributed by atoms with Gasteiger partial charge in [0.15, 0.2) is 0 Å². The van der Waals surface area contributed by atoms with E-state index in [2.05, 4.69) is 30.5 Å². The Morgan fingerprint density at radius 3 is 2.27 bits per heavy atom. The fourth-order valence-corrected chi connectivity index (χ4v) is 1.27. The van der Waals surface area contributed by atoms with Crippen molar-refractivity contribution in [1.29, 1.82) is 0 Å². The van der Waals surface area contributed by atoms with Crippen LogP contribution < -0.4 is 0 Å². The normalized spacial score (nSPS) is 10.5. The van der Waals surface area contributed by atoms with Crippen molar-refractivity contribution in [3.05, 3.63) is 23.5 Å². The summed E-state index contributed by atoms with van der Waals surface area (Å²) >= 11 is 0. The lowest BCUT2D eigenvalue weighted by Gasteiger charge is -2.06. The van der Waals surface area contributed by atoms with E-state index in [0.717, 1.165) is 13.0 Å². The first-order chi connectivity index (χ1) is 5.25. The molecule has 0 amide bonds. The first-order valence-corrected chi connectivity index (χ1v) is 3.96. The predicted molar refractivity (Wildman–Crippen MR) is 44.1 cm³/mol. The number of nitrogens with zero attached hydrogens (tertiary/aromatic N) is 1. The molecule has 1 aromatic heterocycles. The highest BCUT2D eigenvalue weighted by molar-refractivity contribution is 5.13. The number of aromatic nitrogens is 1. The lowest BCUT2D eigenvalue weighted by molar-refractivity contribution is 0.184. The van der Waals surface area contributed by atoms with Crippen LogP contribution in [0, 0.1) is 13.8 Å². The zero-order valence-corrected chi connectivity index (χ0v) is 7.13. The van der Waals surface area contributed by atoms with Crippen molar-refractivity contribution in [2.24, 2.45) is 0 Å². The number of rotatable bonds is 3. The van der Waals surface area contributed by atoms with Gasteiger partial charge in [0.2, 0.25) is 0 Å². The minimum absolute atomic E-state index is 0.0249. The summed E-state index contributed by atoms with van der Waals surface area (Å²) in [6.45, 7) is 5.03. The van der Waals surface area contributed by atoms with Crippen LogP contribution in [0.4, 0.5) is 0 Å². The molecule has 0 unspecified atom stereocenters. The number of hydrogen-bond donors (Lipinski definition) is 0. The second-order valence-corrected chi connectivity index (χ2v) is 2.83. The molecule has 1 radical (unpaired) electrons. The Hall–Kier alpha value is -0.760. The largest absolute Gasteiger partial charge is 0.349 e. The summed E-state index contributed by atoms with van der Waals surface area (Å²) in [6, 6.07) is 4.17. The molecule has 0 bridgehead atoms. The van der Waals surface area contributed by atoms with Gasteiger partial charge in [-0.05, 0) is 32.4 Å². The van der Waals surface area contributed by atoms with Crippen LogP contribution in [-0.2, 0) is 11.7 Å². The second kappa shape index (κ2) is 3.58. The fourth-order valence-electron chi connectivity index (χ4n) is 1.27. The van der Waals surface area contributed by atoms with Gasteiger partial charge in [-0.3, -0.25) is 0 Å². The molecule has 1 heterocycles. The quantitative estimate of drug-likeness (QED) is 0.632. The smallest absolute Gasteiger partial charge is 0.0839 e. The minimum Gasteiger partial charge on any atom is -0.349 e. The van der Waals surface area contributed by atoms with Crippen LogP contribution in [0.3, 0.4) is 0 Å². The molecule has 0 spiro atoms. The molecule has 0 aliphatic carbocycles. The Bertz CT molecular complexity index is 208. The van der Waals surface area contributed by atoms with Gasteiger partial charge in [-0.1, -0.05) is 0 Å². The molecule has 1 aromatic rings. The van der Waals surface area contributed by atoms with Crippen molar-refractivity contribution in [2.45, 2.75) is 26.8 Å². The molecule has 0 aromatic carbocycles. The van der Waals surface area contributed by atoms with Crippen molar-refractivity contribution >= 4 is 0 Å². The third-order valence-corrected chi connectivity index (χ3v) is 1.94. The lowest BCUT2D eigenvalue weighted by Crippen LogP contribution is -2.03. The van der Waals surface area contributed by atoms with Crippen LogP contribution in [0.25, 0.3) is 0 Å². The van der Waals surface area contributed by atoms with Gasteiger partial charge in [0.05, 0.1) is 6.61 Å². The van der Waals surface area contributed by atoms with Crippen LogP contribution in [0.5, 0.6) is 0 Å². The van der Waals surface area contributed by atoms with E-state index in [1.807, 2.05) is 0 Å². The maximum atomic E-state index is 10.2. The Kier molecular flexibility index (Phi) is 2.71. The van der Waals surface area contributed by atoms with Crippen LogP contribution in [0.15, 0.2) is 12.1 Å². The Balaban J connectivity index is 2.67. The molecule has 2 nitrogen and oxygen atoms in total. The Morgan fingerprint density at radius 2 is 1.82 bits per heavy atom. The third-order valence-electron chi connectivity index (χ3n) is 1.94. The van der Waals surface area contributed by atoms with Crippen molar-refractivity contribution in [2.75, 3.05) is 6.61 Å². The molecule has 0 N–H and O–H groups in total. The molecule has 2 heteroatoms. The van der Waals surface area contributed by atoms with Gasteiger partial charge < -0.3 is 4.57 Å². The van der Waals surface area contributed by atoms with E-state index < -0.39 is 0 Å². The van der Waals surface area contributed by atoms with Crippen LogP contribution >= 0.6 is 0 Å². The summed E-state index contributed by atoms with van der Waals surface area (Å²) in [7, 11) is 0. The van der Waals surface area contributed by atoms with Crippen molar-refractivity contribution < 1.29 is 5.11 Å². The molecule has 0 aliphatic rings. The summed E-state index contributed by atoms with van der Waals surface area (Å²) in [4.78, 5) is 0. The van der Waals surface area contributed by atoms with E-state index in [0.29, 0.717) is 0 Å². The van der Waals surface area contributed by atoms with Crippen molar-refractivity contribution in [3.8, 4) is 0 Å². The number of aryl methyl sites for hydroxylation is 2. The molecule has 0 aliphatic heterocycles. The first-order valence-electron chi connectivity index (χ1n) is 3.96. The van der Waals surface area contributed by atoms with Crippen molar-refractivity contribution in [1.82, 2.24) is 4.57 Å². The van der Waals surface area contributed by atoms with E-state index in [4.69, 9.17) is 0 Å². The van der Waals surface area contributed by atoms with Crippen LogP contribution in [0.1, 0.15) is 17.8 Å². The van der Waals surface area contributed by atoms with Gasteiger partial charge in [-0.2, -0.15) is 0 Å². The molecule has 61 valence electrons. The predicted octanol–water partition coefficient (Wildman–Crippen LogP) is 1.93. The summed E-state index contributed by atoms with van der Waals surface area (Å²) in [5.74, 6) is 0. The maximum Gasteiger partial charge on any atom is 0.0839 e. The van der Waals surface area contributed by atoms with Gasteiger partial charge in [0, 0.05) is 17.9 Å². The maximum absolute atomic E-state index is 10.2. The Morgan fingerprint density at radius 1 is 1.27 bits per heavy atom. The molecule has 1 rings (SSSR count). The zero-order valence-electron chi connectivity index (χ0n) is 7.13. The van der Waals surface area contributed by atoms with Crippen LogP contribution in [0.2, 0.25) is 0 Å². The molecule has 0 fully saturated rings.